The monoisotopic (exact) mass is 439 g/mol. The first-order chi connectivity index (χ1) is 16.3. The average Bonchev–Trinajstić information content (AvgIpc) is 2.89. The lowest BCUT2D eigenvalue weighted by Crippen LogP contribution is -2.36. The highest BCUT2D eigenvalue weighted by atomic mass is 16.5. The first-order valence-corrected chi connectivity index (χ1v) is 10.4. The van der Waals surface area contributed by atoms with Crippen LogP contribution in [0.2, 0.25) is 0 Å². The second-order valence-corrected chi connectivity index (χ2v) is 7.01. The molecule has 1 aliphatic rings. The maximum atomic E-state index is 10.1. The van der Waals surface area contributed by atoms with E-state index in [9.17, 15) is 4.79 Å². The van der Waals surface area contributed by atoms with Crippen molar-refractivity contribution in [2.24, 2.45) is 20.5 Å². The Morgan fingerprint density at radius 3 is 1.67 bits per heavy atom. The molecule has 0 N–H and O–H groups in total. The fraction of sp³-hybridized carbons (Fsp3) is 0.160. The lowest BCUT2D eigenvalue weighted by atomic mass is 10.2. The third kappa shape index (κ3) is 6.56. The fourth-order valence-electron chi connectivity index (χ4n) is 3.08. The van der Waals surface area contributed by atoms with Crippen LogP contribution in [0, 0.1) is 0 Å². The highest BCUT2D eigenvalue weighted by Gasteiger charge is 2.10. The van der Waals surface area contributed by atoms with Gasteiger partial charge < -0.3 is 14.4 Å². The second-order valence-electron chi connectivity index (χ2n) is 7.01. The highest BCUT2D eigenvalue weighted by molar-refractivity contribution is 5.53. The number of morpholine rings is 1. The Hall–Kier alpha value is -4.35. The van der Waals surface area contributed by atoms with Gasteiger partial charge in [0.1, 0.15) is 12.0 Å². The third-order valence-electron chi connectivity index (χ3n) is 4.79. The molecule has 1 heterocycles. The summed E-state index contributed by atoms with van der Waals surface area (Å²) in [5.41, 5.74) is 6.23. The Balaban J connectivity index is 1.32. The topological polar surface area (TPSA) is 88.2 Å². The SMILES string of the molecule is O=C=C=COc1ccc(/N=N/c2ccc(/N=N/c3ccc(N4CCOCC4)cc3)cc2)cc1. The first kappa shape index (κ1) is 21.9. The van der Waals surface area contributed by atoms with Gasteiger partial charge in [0.25, 0.3) is 0 Å². The summed E-state index contributed by atoms with van der Waals surface area (Å²) in [4.78, 5) is 12.4. The third-order valence-corrected chi connectivity index (χ3v) is 4.79. The minimum atomic E-state index is 0.558. The van der Waals surface area contributed by atoms with Crippen molar-refractivity contribution >= 4 is 34.4 Å². The van der Waals surface area contributed by atoms with Gasteiger partial charge in [-0.15, -0.1) is 0 Å². The molecular formula is C25H21N5O3. The number of rotatable bonds is 7. The van der Waals surface area contributed by atoms with E-state index in [1.54, 1.807) is 24.3 Å². The zero-order chi connectivity index (χ0) is 22.7. The molecule has 33 heavy (non-hydrogen) atoms. The number of azo groups is 2. The van der Waals surface area contributed by atoms with Gasteiger partial charge >= 0.3 is 0 Å². The standard InChI is InChI=1S/C25H21N5O3/c31-16-1-17-33-25-12-8-23(9-13-25)29-27-21-4-2-20(3-5-21)26-28-22-6-10-24(11-7-22)30-14-18-32-19-15-30/h2-13,17H,14-15,18-19H2/b28-26+,29-27+. The Kier molecular flexibility index (Phi) is 7.50. The van der Waals surface area contributed by atoms with Crippen molar-refractivity contribution in [2.45, 2.75) is 0 Å². The summed E-state index contributed by atoms with van der Waals surface area (Å²) in [7, 11) is 0. The van der Waals surface area contributed by atoms with Gasteiger partial charge in [-0.25, -0.2) is 4.79 Å². The normalized spacial score (nSPS) is 13.6. The van der Waals surface area contributed by atoms with Crippen LogP contribution < -0.4 is 9.64 Å². The van der Waals surface area contributed by atoms with Crippen LogP contribution in [0.3, 0.4) is 0 Å². The predicted molar refractivity (Wildman–Crippen MR) is 125 cm³/mol. The van der Waals surface area contributed by atoms with Crippen molar-refractivity contribution in [2.75, 3.05) is 31.2 Å². The van der Waals surface area contributed by atoms with E-state index in [1.165, 1.54) is 11.6 Å². The Bertz CT molecular complexity index is 1190. The second kappa shape index (κ2) is 11.3. The van der Waals surface area contributed by atoms with E-state index in [0.717, 1.165) is 43.9 Å². The van der Waals surface area contributed by atoms with Gasteiger partial charge in [-0.1, -0.05) is 0 Å². The summed E-state index contributed by atoms with van der Waals surface area (Å²) in [6, 6.07) is 22.3. The van der Waals surface area contributed by atoms with Crippen molar-refractivity contribution in [1.82, 2.24) is 0 Å². The van der Waals surface area contributed by atoms with Crippen molar-refractivity contribution in [3.63, 3.8) is 0 Å². The zero-order valence-corrected chi connectivity index (χ0v) is 17.8. The molecule has 1 aliphatic heterocycles. The molecule has 4 rings (SSSR count). The van der Waals surface area contributed by atoms with E-state index in [0.29, 0.717) is 17.1 Å². The molecule has 3 aromatic carbocycles. The van der Waals surface area contributed by atoms with Gasteiger partial charge in [0.2, 0.25) is 0 Å². The van der Waals surface area contributed by atoms with Crippen LogP contribution in [-0.2, 0) is 9.53 Å². The van der Waals surface area contributed by atoms with Crippen molar-refractivity contribution in [3.8, 4) is 5.75 Å². The predicted octanol–water partition coefficient (Wildman–Crippen LogP) is 6.23. The summed E-state index contributed by atoms with van der Waals surface area (Å²) >= 11 is 0. The van der Waals surface area contributed by atoms with E-state index in [1.807, 2.05) is 36.4 Å². The van der Waals surface area contributed by atoms with Crippen LogP contribution in [0.5, 0.6) is 5.75 Å². The van der Waals surface area contributed by atoms with Gasteiger partial charge in [-0.3, -0.25) is 0 Å². The summed E-state index contributed by atoms with van der Waals surface area (Å²) in [5, 5.41) is 17.0. The van der Waals surface area contributed by atoms with Gasteiger partial charge in [0.15, 0.2) is 5.94 Å². The molecule has 0 amide bonds. The Morgan fingerprint density at radius 2 is 1.18 bits per heavy atom. The Labute approximate surface area is 191 Å². The Morgan fingerprint density at radius 1 is 0.727 bits per heavy atom. The molecular weight excluding hydrogens is 418 g/mol. The van der Waals surface area contributed by atoms with E-state index in [4.69, 9.17) is 9.47 Å². The average molecular weight is 439 g/mol. The van der Waals surface area contributed by atoms with Crippen LogP contribution >= 0.6 is 0 Å². The van der Waals surface area contributed by atoms with E-state index >= 15 is 0 Å². The zero-order valence-electron chi connectivity index (χ0n) is 17.8. The number of benzene rings is 3. The number of carbonyl (C=O) groups excluding carboxylic acids is 1. The van der Waals surface area contributed by atoms with Crippen LogP contribution in [0.1, 0.15) is 0 Å². The number of ether oxygens (including phenoxy) is 2. The highest BCUT2D eigenvalue weighted by Crippen LogP contribution is 2.25. The van der Waals surface area contributed by atoms with Crippen LogP contribution in [0.25, 0.3) is 0 Å². The molecule has 1 fully saturated rings. The van der Waals surface area contributed by atoms with E-state index in [2.05, 4.69) is 43.2 Å². The van der Waals surface area contributed by atoms with Gasteiger partial charge in [-0.2, -0.15) is 20.5 Å². The molecule has 3 aromatic rings. The van der Waals surface area contributed by atoms with Crippen LogP contribution in [0.4, 0.5) is 28.4 Å². The molecule has 8 heteroatoms. The number of anilines is 1. The first-order valence-electron chi connectivity index (χ1n) is 10.4. The van der Waals surface area contributed by atoms with Gasteiger partial charge in [0, 0.05) is 24.5 Å². The minimum absolute atomic E-state index is 0.558. The molecule has 0 unspecified atom stereocenters. The molecule has 0 aliphatic carbocycles. The summed E-state index contributed by atoms with van der Waals surface area (Å²) in [6.07, 6.45) is 1.14. The van der Waals surface area contributed by atoms with Crippen molar-refractivity contribution in [3.05, 3.63) is 84.8 Å². The van der Waals surface area contributed by atoms with E-state index in [-0.39, 0.29) is 0 Å². The van der Waals surface area contributed by atoms with Crippen molar-refractivity contribution in [1.29, 1.82) is 0 Å². The molecule has 0 saturated carbocycles. The minimum Gasteiger partial charge on any atom is -0.456 e. The molecule has 0 atom stereocenters. The maximum Gasteiger partial charge on any atom is 0.180 e. The number of nitrogens with zero attached hydrogens (tertiary/aromatic N) is 5. The smallest absolute Gasteiger partial charge is 0.180 e. The van der Waals surface area contributed by atoms with Crippen LogP contribution in [0.15, 0.2) is 105 Å². The summed E-state index contributed by atoms with van der Waals surface area (Å²) < 4.78 is 10.6. The quantitative estimate of drug-likeness (QED) is 0.189. The molecule has 0 radical (unpaired) electrons. The van der Waals surface area contributed by atoms with Gasteiger partial charge in [0.05, 0.1) is 36.0 Å². The maximum absolute atomic E-state index is 10.1. The lowest BCUT2D eigenvalue weighted by Gasteiger charge is -2.28. The van der Waals surface area contributed by atoms with Gasteiger partial charge in [-0.05, 0) is 72.8 Å². The summed E-state index contributed by atoms with van der Waals surface area (Å²) in [6.45, 7) is 3.33. The molecule has 0 bridgehead atoms. The largest absolute Gasteiger partial charge is 0.456 e. The molecule has 0 aromatic heterocycles. The molecule has 8 nitrogen and oxygen atoms in total. The molecule has 164 valence electrons. The lowest BCUT2D eigenvalue weighted by molar-refractivity contribution is 0.122. The number of hydrogen-bond donors (Lipinski definition) is 0. The number of hydrogen-bond acceptors (Lipinski definition) is 8. The van der Waals surface area contributed by atoms with Crippen LogP contribution in [-0.4, -0.2) is 32.2 Å². The van der Waals surface area contributed by atoms with E-state index < -0.39 is 0 Å². The molecule has 1 saturated heterocycles. The van der Waals surface area contributed by atoms with Crippen molar-refractivity contribution < 1.29 is 14.3 Å². The fourth-order valence-corrected chi connectivity index (χ4v) is 3.08. The molecule has 0 spiro atoms. The summed E-state index contributed by atoms with van der Waals surface area (Å²) in [5.74, 6) is 2.05.